The van der Waals surface area contributed by atoms with Crippen LogP contribution in [0.5, 0.6) is 0 Å². The fourth-order valence-electron chi connectivity index (χ4n) is 0.133. The maximum absolute atomic E-state index is 9.52. The highest BCUT2D eigenvalue weighted by atomic mass is 32.1. The van der Waals surface area contributed by atoms with E-state index in [-0.39, 0.29) is 12.2 Å². The molecule has 1 radical (unpaired) electrons. The van der Waals surface area contributed by atoms with Gasteiger partial charge in [0, 0.05) is 4.21 Å². The fraction of sp³-hybridized carbons (Fsp3) is 0.667. The second-order valence-corrected chi connectivity index (χ2v) is 1.63. The Morgan fingerprint density at radius 1 is 1.57 bits per heavy atom. The van der Waals surface area contributed by atoms with Gasteiger partial charge >= 0.3 is 11.7 Å². The van der Waals surface area contributed by atoms with E-state index < -0.39 is 6.29 Å². The van der Waals surface area contributed by atoms with E-state index in [4.69, 9.17) is 10.2 Å². The zero-order valence-electron chi connectivity index (χ0n) is 3.63. The summed E-state index contributed by atoms with van der Waals surface area (Å²) in [5.41, 5.74) is 0. The summed E-state index contributed by atoms with van der Waals surface area (Å²) in [4.78, 5) is 0. The minimum atomic E-state index is -0.664. The molecule has 0 saturated heterocycles. The molecule has 0 atom stereocenters. The van der Waals surface area contributed by atoms with Crippen molar-refractivity contribution in [2.45, 2.75) is 6.42 Å². The van der Waals surface area contributed by atoms with Gasteiger partial charge in [-0.1, -0.05) is 0 Å². The Hall–Kier alpha value is -0.0600. The monoisotopic (exact) mass is 122 g/mol. The van der Waals surface area contributed by atoms with Crippen LogP contribution in [0.25, 0.3) is 0 Å². The van der Waals surface area contributed by atoms with Crippen molar-refractivity contribution in [2.24, 2.45) is 0 Å². The molecule has 0 aliphatic heterocycles. The topological polar surface area (TPSA) is 57.5 Å². The van der Waals surface area contributed by atoms with Crippen LogP contribution < -0.4 is 0 Å². The summed E-state index contributed by atoms with van der Waals surface area (Å²) in [7, 11) is 0. The quantitative estimate of drug-likeness (QED) is 0.519. The average molecular weight is 122 g/mol. The lowest BCUT2D eigenvalue weighted by atomic mass is 10.5. The third kappa shape index (κ3) is 5.94. The Kier molecular flexibility index (Phi) is 4.07. The van der Waals surface area contributed by atoms with Crippen LogP contribution in [0.3, 0.4) is 0 Å². The molecular weight excluding hydrogens is 116 g/mol. The van der Waals surface area contributed by atoms with Crippen LogP contribution >= 0.6 is 0 Å². The first-order valence-corrected chi connectivity index (χ1v) is 2.67. The van der Waals surface area contributed by atoms with Gasteiger partial charge in [0.05, 0.1) is 6.42 Å². The Labute approximate surface area is 45.5 Å². The predicted octanol–water partition coefficient (Wildman–Crippen LogP) is 0.0391. The van der Waals surface area contributed by atoms with Crippen molar-refractivity contribution >= 4 is 11.7 Å². The lowest BCUT2D eigenvalue weighted by molar-refractivity contribution is 0.0771. The molecule has 0 aromatic rings. The van der Waals surface area contributed by atoms with Crippen LogP contribution in [-0.4, -0.2) is 16.0 Å². The van der Waals surface area contributed by atoms with E-state index in [1.165, 1.54) is 0 Å². The predicted molar refractivity (Wildman–Crippen MR) is 24.7 cm³/mol. The summed E-state index contributed by atoms with van der Waals surface area (Å²) in [5.74, 6) is 0.225. The molecule has 0 aromatic heterocycles. The van der Waals surface area contributed by atoms with Gasteiger partial charge in [-0.2, -0.15) is 0 Å². The third-order valence-electron chi connectivity index (χ3n) is 0.409. The number of hydrogen-bond acceptors (Lipinski definition) is 3. The maximum Gasteiger partial charge on any atom is 0.458 e. The van der Waals surface area contributed by atoms with E-state index in [0.717, 1.165) is 0 Å². The van der Waals surface area contributed by atoms with Gasteiger partial charge in [-0.05, 0) is 0 Å². The molecule has 0 amide bonds. The number of rotatable bonds is 3. The van der Waals surface area contributed by atoms with Crippen LogP contribution in [0.15, 0.2) is 0 Å². The van der Waals surface area contributed by atoms with Gasteiger partial charge in [0.1, 0.15) is 0 Å². The van der Waals surface area contributed by atoms with E-state index in [0.29, 0.717) is 11.7 Å². The first kappa shape index (κ1) is 6.94. The molecular formula is C3H6O3S+. The van der Waals surface area contributed by atoms with Crippen molar-refractivity contribution in [3.63, 3.8) is 0 Å². The van der Waals surface area contributed by atoms with Crippen LogP contribution in [0.1, 0.15) is 6.42 Å². The number of aliphatic hydroxyl groups excluding tert-OH is 1. The van der Waals surface area contributed by atoms with E-state index >= 15 is 0 Å². The number of hydrogen-bond donors (Lipinski definition) is 2. The van der Waals surface area contributed by atoms with Crippen LogP contribution in [0.4, 0.5) is 0 Å². The Bertz CT molecular complexity index is 54.1. The molecule has 0 aliphatic rings. The van der Waals surface area contributed by atoms with E-state index in [1.807, 2.05) is 0 Å². The first-order valence-electron chi connectivity index (χ1n) is 1.76. The van der Waals surface area contributed by atoms with E-state index in [1.54, 1.807) is 0 Å². The van der Waals surface area contributed by atoms with Crippen molar-refractivity contribution in [3.8, 4) is 0 Å². The summed E-state index contributed by atoms with van der Waals surface area (Å²) in [6.07, 6.45) is -0.586. The van der Waals surface area contributed by atoms with Crippen molar-refractivity contribution in [3.05, 3.63) is 6.29 Å². The molecule has 3 nitrogen and oxygen atoms in total. The van der Waals surface area contributed by atoms with Crippen molar-refractivity contribution in [1.29, 1.82) is 0 Å². The summed E-state index contributed by atoms with van der Waals surface area (Å²) in [6, 6.07) is 0. The molecule has 7 heavy (non-hydrogen) atoms. The molecule has 0 saturated carbocycles. The Morgan fingerprint density at radius 2 is 2.14 bits per heavy atom. The summed E-state index contributed by atoms with van der Waals surface area (Å²) in [6.45, 7) is 0. The molecule has 0 aliphatic carbocycles. The normalized spacial score (nSPS) is 9.57. The fourth-order valence-corrected chi connectivity index (χ4v) is 0.399. The summed E-state index contributed by atoms with van der Waals surface area (Å²) in [5, 5.41) is 16.0. The van der Waals surface area contributed by atoms with Gasteiger partial charge in [-0.15, -0.1) is 0 Å². The highest BCUT2D eigenvalue weighted by Crippen LogP contribution is 1.91. The zero-order valence-corrected chi connectivity index (χ0v) is 4.44. The lowest BCUT2D eigenvalue weighted by Gasteiger charge is -1.87. The Morgan fingerprint density at radius 3 is 2.29 bits per heavy atom. The van der Waals surface area contributed by atoms with E-state index in [9.17, 15) is 4.21 Å². The molecule has 0 heterocycles. The van der Waals surface area contributed by atoms with Crippen molar-refractivity contribution in [1.82, 2.24) is 0 Å². The molecule has 0 aromatic carbocycles. The summed E-state index contributed by atoms with van der Waals surface area (Å²) >= 11 is 0.339. The van der Waals surface area contributed by atoms with Crippen molar-refractivity contribution < 1.29 is 14.4 Å². The molecule has 0 bridgehead atoms. The molecule has 0 fully saturated rings. The average Bonchev–Trinajstić information content (AvgIpc) is 1.61. The van der Waals surface area contributed by atoms with Gasteiger partial charge in [0.15, 0.2) is 0 Å². The molecule has 0 spiro atoms. The van der Waals surface area contributed by atoms with Gasteiger partial charge in [0.2, 0.25) is 12.0 Å². The lowest BCUT2D eigenvalue weighted by Crippen LogP contribution is -1.95. The maximum atomic E-state index is 9.52. The molecule has 0 unspecified atom stereocenters. The second kappa shape index (κ2) is 4.11. The highest BCUT2D eigenvalue weighted by Gasteiger charge is 2.04. The Balaban J connectivity index is 2.81. The SMILES string of the molecule is O=[S+]CC[C](O)O. The number of aliphatic hydroxyl groups is 2. The third-order valence-corrected chi connectivity index (χ3v) is 0.780. The van der Waals surface area contributed by atoms with Crippen LogP contribution in [0.2, 0.25) is 0 Å². The molecule has 0 rings (SSSR count). The molecule has 41 valence electrons. The minimum Gasteiger partial charge on any atom is -0.361 e. The smallest absolute Gasteiger partial charge is 0.361 e. The van der Waals surface area contributed by atoms with E-state index in [2.05, 4.69) is 0 Å². The summed E-state index contributed by atoms with van der Waals surface area (Å²) < 4.78 is 9.52. The molecule has 2 N–H and O–H groups in total. The van der Waals surface area contributed by atoms with Gasteiger partial charge < -0.3 is 10.2 Å². The van der Waals surface area contributed by atoms with Crippen LogP contribution in [-0.2, 0) is 15.9 Å². The minimum absolute atomic E-state index is 0.0775. The molecule has 4 heteroatoms. The standard InChI is InChI=1S/C3H6O3S/c4-3(5)1-2-7-6/h4-5H,1-2H2/q+1. The zero-order chi connectivity index (χ0) is 5.70. The first-order chi connectivity index (χ1) is 3.27. The van der Waals surface area contributed by atoms with Gasteiger partial charge in [-0.25, -0.2) is 0 Å². The van der Waals surface area contributed by atoms with Crippen LogP contribution in [0, 0.1) is 6.29 Å². The van der Waals surface area contributed by atoms with Crippen molar-refractivity contribution in [2.75, 3.05) is 5.75 Å². The van der Waals surface area contributed by atoms with Gasteiger partial charge in [-0.3, -0.25) is 0 Å². The largest absolute Gasteiger partial charge is 0.458 e. The van der Waals surface area contributed by atoms with Gasteiger partial charge in [0.25, 0.3) is 0 Å². The highest BCUT2D eigenvalue weighted by molar-refractivity contribution is 7.65. The second-order valence-electron chi connectivity index (χ2n) is 0.988.